The van der Waals surface area contributed by atoms with Crippen molar-refractivity contribution in [2.45, 2.75) is 19.4 Å². The third kappa shape index (κ3) is 4.98. The van der Waals surface area contributed by atoms with Crippen LogP contribution in [-0.4, -0.2) is 34.0 Å². The van der Waals surface area contributed by atoms with Crippen LogP contribution in [0.5, 0.6) is 0 Å². The number of benzene rings is 2. The molecule has 1 unspecified atom stereocenters. The predicted molar refractivity (Wildman–Crippen MR) is 113 cm³/mol. The van der Waals surface area contributed by atoms with Gasteiger partial charge in [0.15, 0.2) is 0 Å². The van der Waals surface area contributed by atoms with Crippen molar-refractivity contribution in [2.75, 3.05) is 18.4 Å². The molecule has 1 aliphatic rings. The highest BCUT2D eigenvalue weighted by molar-refractivity contribution is 6.42. The lowest BCUT2D eigenvalue weighted by atomic mass is 9.97. The average molecular weight is 449 g/mol. The van der Waals surface area contributed by atoms with Crippen LogP contribution < -0.4 is 5.32 Å². The number of hydrogen-bond donors (Lipinski definition) is 1. The maximum atomic E-state index is 13.1. The van der Waals surface area contributed by atoms with Gasteiger partial charge in [-0.15, -0.1) is 0 Å². The fourth-order valence-electron chi connectivity index (χ4n) is 3.46. The topological polar surface area (TPSA) is 71.3 Å². The summed E-state index contributed by atoms with van der Waals surface area (Å²) in [5.41, 5.74) is 1.30. The molecule has 0 radical (unpaired) electrons. The first-order valence-corrected chi connectivity index (χ1v) is 10.3. The van der Waals surface area contributed by atoms with Gasteiger partial charge in [0.25, 0.3) is 0 Å². The number of piperidine rings is 1. The van der Waals surface area contributed by atoms with E-state index in [4.69, 9.17) is 27.7 Å². The standard InChI is InChI=1S/C21H19Cl2FN4O2/c22-17-8-7-16(10-18(17)23)25-21(29)14-2-1-9-28(11-14)12-19-26-20(27-30-19)13-3-5-15(24)6-4-13/h3-8,10,14H,1-2,9,11-12H2,(H,25,29). The molecule has 0 bridgehead atoms. The van der Waals surface area contributed by atoms with Crippen molar-refractivity contribution in [1.29, 1.82) is 0 Å². The summed E-state index contributed by atoms with van der Waals surface area (Å²) in [6.07, 6.45) is 1.69. The number of aromatic nitrogens is 2. The number of carbonyl (C=O) groups excluding carboxylic acids is 1. The van der Waals surface area contributed by atoms with Crippen LogP contribution in [-0.2, 0) is 11.3 Å². The minimum absolute atomic E-state index is 0.0596. The van der Waals surface area contributed by atoms with Crippen LogP contribution in [0.3, 0.4) is 0 Å². The van der Waals surface area contributed by atoms with Crippen molar-refractivity contribution in [3.63, 3.8) is 0 Å². The normalized spacial score (nSPS) is 17.1. The fourth-order valence-corrected chi connectivity index (χ4v) is 3.76. The van der Waals surface area contributed by atoms with Crippen LogP contribution >= 0.6 is 23.2 Å². The molecule has 2 heterocycles. The Morgan fingerprint density at radius 2 is 2.00 bits per heavy atom. The van der Waals surface area contributed by atoms with Crippen molar-refractivity contribution in [3.05, 3.63) is 64.2 Å². The summed E-state index contributed by atoms with van der Waals surface area (Å²) in [5.74, 6) is 0.333. The summed E-state index contributed by atoms with van der Waals surface area (Å²) < 4.78 is 18.4. The van der Waals surface area contributed by atoms with Crippen molar-refractivity contribution in [3.8, 4) is 11.4 Å². The number of amides is 1. The summed E-state index contributed by atoms with van der Waals surface area (Å²) >= 11 is 11.9. The largest absolute Gasteiger partial charge is 0.338 e. The summed E-state index contributed by atoms with van der Waals surface area (Å²) in [4.78, 5) is 19.2. The Morgan fingerprint density at radius 1 is 1.20 bits per heavy atom. The van der Waals surface area contributed by atoms with E-state index in [1.165, 1.54) is 12.1 Å². The third-order valence-electron chi connectivity index (χ3n) is 4.99. The number of rotatable bonds is 5. The van der Waals surface area contributed by atoms with Crippen molar-refractivity contribution < 1.29 is 13.7 Å². The van der Waals surface area contributed by atoms with E-state index < -0.39 is 0 Å². The van der Waals surface area contributed by atoms with E-state index in [0.29, 0.717) is 46.1 Å². The quantitative estimate of drug-likeness (QED) is 0.592. The maximum absolute atomic E-state index is 13.1. The van der Waals surface area contributed by atoms with E-state index in [2.05, 4.69) is 20.4 Å². The molecule has 1 amide bonds. The van der Waals surface area contributed by atoms with Gasteiger partial charge in [-0.2, -0.15) is 4.98 Å². The SMILES string of the molecule is O=C(Nc1ccc(Cl)c(Cl)c1)C1CCCN(Cc2nc(-c3ccc(F)cc3)no2)C1. The van der Waals surface area contributed by atoms with Gasteiger partial charge in [0.1, 0.15) is 5.82 Å². The summed E-state index contributed by atoms with van der Waals surface area (Å²) in [6.45, 7) is 1.87. The van der Waals surface area contributed by atoms with Crippen molar-refractivity contribution in [1.82, 2.24) is 15.0 Å². The van der Waals surface area contributed by atoms with E-state index in [9.17, 15) is 9.18 Å². The first-order chi connectivity index (χ1) is 14.5. The molecule has 6 nitrogen and oxygen atoms in total. The molecule has 156 valence electrons. The van der Waals surface area contributed by atoms with Crippen LogP contribution in [0.15, 0.2) is 47.0 Å². The molecule has 1 fully saturated rings. The zero-order chi connectivity index (χ0) is 21.1. The van der Waals surface area contributed by atoms with Gasteiger partial charge in [0.05, 0.1) is 22.5 Å². The molecule has 2 aromatic carbocycles. The second-order valence-electron chi connectivity index (χ2n) is 7.21. The molecular formula is C21H19Cl2FN4O2. The number of nitrogens with one attached hydrogen (secondary N) is 1. The smallest absolute Gasteiger partial charge is 0.241 e. The molecule has 0 aliphatic carbocycles. The number of hydrogen-bond acceptors (Lipinski definition) is 5. The zero-order valence-electron chi connectivity index (χ0n) is 15.9. The van der Waals surface area contributed by atoms with Gasteiger partial charge in [0.2, 0.25) is 17.6 Å². The molecule has 0 saturated carbocycles. The van der Waals surface area contributed by atoms with E-state index in [1.54, 1.807) is 30.3 Å². The molecule has 1 saturated heterocycles. The van der Waals surface area contributed by atoms with Gasteiger partial charge in [0, 0.05) is 17.8 Å². The highest BCUT2D eigenvalue weighted by atomic mass is 35.5. The maximum Gasteiger partial charge on any atom is 0.241 e. The highest BCUT2D eigenvalue weighted by Crippen LogP contribution is 2.26. The van der Waals surface area contributed by atoms with Gasteiger partial charge >= 0.3 is 0 Å². The molecule has 1 aliphatic heterocycles. The fraction of sp³-hybridized carbons (Fsp3) is 0.286. The molecular weight excluding hydrogens is 430 g/mol. The lowest BCUT2D eigenvalue weighted by Gasteiger charge is -2.30. The molecule has 30 heavy (non-hydrogen) atoms. The number of carbonyl (C=O) groups is 1. The number of anilines is 1. The molecule has 4 rings (SSSR count). The summed E-state index contributed by atoms with van der Waals surface area (Å²) in [6, 6.07) is 10.9. The minimum atomic E-state index is -0.319. The number of likely N-dealkylation sites (tertiary alicyclic amines) is 1. The lowest BCUT2D eigenvalue weighted by molar-refractivity contribution is -0.121. The Balaban J connectivity index is 1.36. The summed E-state index contributed by atoms with van der Waals surface area (Å²) in [5, 5.41) is 7.71. The number of halogens is 3. The van der Waals surface area contributed by atoms with Gasteiger partial charge in [-0.05, 0) is 61.9 Å². The lowest BCUT2D eigenvalue weighted by Crippen LogP contribution is -2.40. The van der Waals surface area contributed by atoms with E-state index in [0.717, 1.165) is 19.4 Å². The van der Waals surface area contributed by atoms with Crippen molar-refractivity contribution in [2.24, 2.45) is 5.92 Å². The first kappa shape index (κ1) is 20.8. The van der Waals surface area contributed by atoms with E-state index in [1.807, 2.05) is 0 Å². The average Bonchev–Trinajstić information content (AvgIpc) is 3.20. The van der Waals surface area contributed by atoms with Gasteiger partial charge in [-0.1, -0.05) is 28.4 Å². The Labute approximate surface area is 183 Å². The molecule has 0 spiro atoms. The third-order valence-corrected chi connectivity index (χ3v) is 5.73. The summed E-state index contributed by atoms with van der Waals surface area (Å²) in [7, 11) is 0. The Kier molecular flexibility index (Phi) is 6.32. The molecule has 3 aromatic rings. The zero-order valence-corrected chi connectivity index (χ0v) is 17.5. The van der Waals surface area contributed by atoms with E-state index in [-0.39, 0.29) is 17.6 Å². The van der Waals surface area contributed by atoms with Crippen LogP contribution in [0.25, 0.3) is 11.4 Å². The van der Waals surface area contributed by atoms with E-state index >= 15 is 0 Å². The van der Waals surface area contributed by atoms with Gasteiger partial charge < -0.3 is 9.84 Å². The predicted octanol–water partition coefficient (Wildman–Crippen LogP) is 5.03. The number of nitrogens with zero attached hydrogens (tertiary/aromatic N) is 3. The highest BCUT2D eigenvalue weighted by Gasteiger charge is 2.27. The van der Waals surface area contributed by atoms with Crippen LogP contribution in [0.4, 0.5) is 10.1 Å². The van der Waals surface area contributed by atoms with Gasteiger partial charge in [-0.25, -0.2) is 4.39 Å². The Morgan fingerprint density at radius 3 is 2.77 bits per heavy atom. The van der Waals surface area contributed by atoms with Crippen LogP contribution in [0, 0.1) is 11.7 Å². The Bertz CT molecular complexity index is 1040. The monoisotopic (exact) mass is 448 g/mol. The first-order valence-electron chi connectivity index (χ1n) is 9.55. The second kappa shape index (κ2) is 9.12. The van der Waals surface area contributed by atoms with Crippen molar-refractivity contribution >= 4 is 34.8 Å². The van der Waals surface area contributed by atoms with Crippen LogP contribution in [0.1, 0.15) is 18.7 Å². The second-order valence-corrected chi connectivity index (χ2v) is 8.03. The van der Waals surface area contributed by atoms with Gasteiger partial charge in [-0.3, -0.25) is 9.69 Å². The molecule has 1 aromatic heterocycles. The molecule has 9 heteroatoms. The molecule has 1 N–H and O–H groups in total. The molecule has 1 atom stereocenters. The Hall–Kier alpha value is -2.48. The van der Waals surface area contributed by atoms with Crippen LogP contribution in [0.2, 0.25) is 10.0 Å². The minimum Gasteiger partial charge on any atom is -0.338 e.